The molecule has 3 unspecified atom stereocenters. The molecule has 0 aromatic rings. The zero-order valence-corrected chi connectivity index (χ0v) is 15.6. The first kappa shape index (κ1) is 22.0. The van der Waals surface area contributed by atoms with E-state index in [4.69, 9.17) is 11.5 Å². The second-order valence-corrected chi connectivity index (χ2v) is 7.41. The zero-order valence-electron chi connectivity index (χ0n) is 13.9. The van der Waals surface area contributed by atoms with E-state index in [1.165, 1.54) is 19.3 Å². The molecule has 1 heterocycles. The topological polar surface area (TPSA) is 72.3 Å². The highest BCUT2D eigenvalue weighted by Gasteiger charge is 2.38. The lowest BCUT2D eigenvalue weighted by molar-refractivity contribution is -0.140. The number of hydrogen-bond donors (Lipinski definition) is 2. The van der Waals surface area contributed by atoms with Gasteiger partial charge in [0.2, 0.25) is 5.91 Å². The van der Waals surface area contributed by atoms with Crippen LogP contribution in [0.5, 0.6) is 0 Å². The first-order chi connectivity index (χ1) is 9.42. The van der Waals surface area contributed by atoms with Crippen LogP contribution in [-0.4, -0.2) is 36.0 Å². The molecule has 1 saturated heterocycles. The molecule has 6 heteroatoms. The number of amides is 1. The molecule has 2 fully saturated rings. The molecule has 0 aromatic carbocycles. The van der Waals surface area contributed by atoms with Gasteiger partial charge in [0, 0.05) is 25.2 Å². The third-order valence-corrected chi connectivity index (χ3v) is 5.26. The maximum atomic E-state index is 12.8. The largest absolute Gasteiger partial charge is 0.342 e. The summed E-state index contributed by atoms with van der Waals surface area (Å²) in [6, 6.07) is 0.235. The molecule has 22 heavy (non-hydrogen) atoms. The van der Waals surface area contributed by atoms with Crippen molar-refractivity contribution in [1.82, 2.24) is 4.90 Å². The van der Waals surface area contributed by atoms with Gasteiger partial charge in [-0.2, -0.15) is 0 Å². The molecule has 0 aromatic heterocycles. The Kier molecular flexibility index (Phi) is 9.30. The first-order valence-electron chi connectivity index (χ1n) is 8.22. The van der Waals surface area contributed by atoms with Gasteiger partial charge in [0.1, 0.15) is 0 Å². The highest BCUT2D eigenvalue weighted by Crippen LogP contribution is 2.30. The van der Waals surface area contributed by atoms with Crippen LogP contribution in [0.25, 0.3) is 0 Å². The van der Waals surface area contributed by atoms with Gasteiger partial charge in [-0.15, -0.1) is 24.8 Å². The predicted octanol–water partition coefficient (Wildman–Crippen LogP) is 2.71. The summed E-state index contributed by atoms with van der Waals surface area (Å²) in [5, 5.41) is 0. The van der Waals surface area contributed by atoms with Gasteiger partial charge in [-0.05, 0) is 24.7 Å². The van der Waals surface area contributed by atoms with Gasteiger partial charge >= 0.3 is 0 Å². The van der Waals surface area contributed by atoms with E-state index in [1.807, 2.05) is 4.90 Å². The lowest BCUT2D eigenvalue weighted by Crippen LogP contribution is -2.56. The number of likely N-dealkylation sites (tertiary alicyclic amines) is 1. The standard InChI is InChI=1S/C16H31N3O.2ClH/c1-16(2)11-19(10-9-14(16)18)15(20)12-7-5-3-4-6-8-13(12)17;;/h12-14H,3-11,17-18H2,1-2H3;2*1H. The Balaban J connectivity index is 0.00000220. The Morgan fingerprint density at radius 2 is 1.59 bits per heavy atom. The van der Waals surface area contributed by atoms with Gasteiger partial charge in [0.15, 0.2) is 0 Å². The van der Waals surface area contributed by atoms with E-state index < -0.39 is 0 Å². The minimum Gasteiger partial charge on any atom is -0.342 e. The molecule has 1 aliphatic heterocycles. The summed E-state index contributed by atoms with van der Waals surface area (Å²) in [6.45, 7) is 5.90. The van der Waals surface area contributed by atoms with Crippen molar-refractivity contribution in [2.75, 3.05) is 13.1 Å². The molecule has 4 nitrogen and oxygen atoms in total. The SMILES string of the molecule is CC1(C)CN(C(=O)C2CCCCCCC2N)CCC1N.Cl.Cl. The predicted molar refractivity (Wildman–Crippen MR) is 96.6 cm³/mol. The van der Waals surface area contributed by atoms with E-state index in [2.05, 4.69) is 13.8 Å². The highest BCUT2D eigenvalue weighted by molar-refractivity contribution is 5.85. The minimum atomic E-state index is 0. The van der Waals surface area contributed by atoms with E-state index in [0.29, 0.717) is 0 Å². The molecular weight excluding hydrogens is 321 g/mol. The fourth-order valence-corrected chi connectivity index (χ4v) is 3.62. The Labute approximate surface area is 147 Å². The van der Waals surface area contributed by atoms with Gasteiger partial charge in [0.25, 0.3) is 0 Å². The maximum Gasteiger partial charge on any atom is 0.227 e. The van der Waals surface area contributed by atoms with Crippen molar-refractivity contribution in [3.8, 4) is 0 Å². The van der Waals surface area contributed by atoms with Crippen molar-refractivity contribution in [2.45, 2.75) is 70.9 Å². The van der Waals surface area contributed by atoms with Crippen molar-refractivity contribution >= 4 is 30.7 Å². The number of halogens is 2. The van der Waals surface area contributed by atoms with Gasteiger partial charge in [-0.3, -0.25) is 4.79 Å². The van der Waals surface area contributed by atoms with E-state index in [0.717, 1.165) is 38.8 Å². The van der Waals surface area contributed by atoms with E-state index in [9.17, 15) is 4.79 Å². The summed E-state index contributed by atoms with van der Waals surface area (Å²) in [4.78, 5) is 14.9. The third kappa shape index (κ3) is 5.26. The molecule has 0 radical (unpaired) electrons. The van der Waals surface area contributed by atoms with Crippen LogP contribution in [0.2, 0.25) is 0 Å². The van der Waals surface area contributed by atoms with Crippen molar-refractivity contribution in [3.63, 3.8) is 0 Å². The third-order valence-electron chi connectivity index (χ3n) is 5.26. The summed E-state index contributed by atoms with van der Waals surface area (Å²) >= 11 is 0. The lowest BCUT2D eigenvalue weighted by atomic mass is 9.78. The second kappa shape index (κ2) is 9.31. The van der Waals surface area contributed by atoms with Crippen LogP contribution in [0.15, 0.2) is 0 Å². The summed E-state index contributed by atoms with van der Waals surface area (Å²) < 4.78 is 0. The molecule has 0 bridgehead atoms. The first-order valence-corrected chi connectivity index (χ1v) is 8.22. The van der Waals surface area contributed by atoms with Gasteiger partial charge in [-0.1, -0.05) is 39.5 Å². The van der Waals surface area contributed by atoms with Crippen LogP contribution >= 0.6 is 24.8 Å². The van der Waals surface area contributed by atoms with E-state index >= 15 is 0 Å². The molecule has 2 rings (SSSR count). The number of piperidine rings is 1. The van der Waals surface area contributed by atoms with Gasteiger partial charge < -0.3 is 16.4 Å². The molecule has 0 spiro atoms. The smallest absolute Gasteiger partial charge is 0.227 e. The minimum absolute atomic E-state index is 0. The van der Waals surface area contributed by atoms with Crippen LogP contribution in [0.3, 0.4) is 0 Å². The van der Waals surface area contributed by atoms with Gasteiger partial charge in [0.05, 0.1) is 5.92 Å². The summed E-state index contributed by atoms with van der Waals surface area (Å²) in [5.41, 5.74) is 12.5. The van der Waals surface area contributed by atoms with Crippen molar-refractivity contribution in [1.29, 1.82) is 0 Å². The summed E-state index contributed by atoms with van der Waals surface area (Å²) in [7, 11) is 0. The molecule has 3 atom stereocenters. The fraction of sp³-hybridized carbons (Fsp3) is 0.938. The Morgan fingerprint density at radius 1 is 1.00 bits per heavy atom. The molecular formula is C16H33Cl2N3O. The van der Waals surface area contributed by atoms with Crippen LogP contribution in [-0.2, 0) is 4.79 Å². The molecule has 1 saturated carbocycles. The summed E-state index contributed by atoms with van der Waals surface area (Å²) in [6.07, 6.45) is 7.67. The van der Waals surface area contributed by atoms with Crippen molar-refractivity contribution in [2.24, 2.45) is 22.8 Å². The van der Waals surface area contributed by atoms with Crippen LogP contribution in [0.4, 0.5) is 0 Å². The zero-order chi connectivity index (χ0) is 14.8. The number of carbonyl (C=O) groups excluding carboxylic acids is 1. The number of nitrogens with two attached hydrogens (primary N) is 2. The maximum absolute atomic E-state index is 12.8. The van der Waals surface area contributed by atoms with Gasteiger partial charge in [-0.25, -0.2) is 0 Å². The fourth-order valence-electron chi connectivity index (χ4n) is 3.62. The molecule has 1 amide bonds. The molecule has 4 N–H and O–H groups in total. The molecule has 132 valence electrons. The van der Waals surface area contributed by atoms with E-state index in [-0.39, 0.29) is 54.1 Å². The molecule has 2 aliphatic rings. The highest BCUT2D eigenvalue weighted by atomic mass is 35.5. The number of nitrogens with zero attached hydrogens (tertiary/aromatic N) is 1. The average molecular weight is 354 g/mol. The number of rotatable bonds is 1. The second-order valence-electron chi connectivity index (χ2n) is 7.41. The quantitative estimate of drug-likeness (QED) is 0.760. The Morgan fingerprint density at radius 3 is 2.18 bits per heavy atom. The summed E-state index contributed by atoms with van der Waals surface area (Å²) in [5.74, 6) is 0.305. The number of carbonyl (C=O) groups is 1. The monoisotopic (exact) mass is 353 g/mol. The van der Waals surface area contributed by atoms with Crippen LogP contribution in [0, 0.1) is 11.3 Å². The number of hydrogen-bond acceptors (Lipinski definition) is 3. The molecule has 1 aliphatic carbocycles. The normalized spacial score (nSPS) is 32.0. The van der Waals surface area contributed by atoms with Crippen LogP contribution in [0.1, 0.15) is 58.8 Å². The van der Waals surface area contributed by atoms with Crippen molar-refractivity contribution in [3.05, 3.63) is 0 Å². The lowest BCUT2D eigenvalue weighted by Gasteiger charge is -2.44. The average Bonchev–Trinajstić information content (AvgIpc) is 2.37. The van der Waals surface area contributed by atoms with Crippen molar-refractivity contribution < 1.29 is 4.79 Å². The van der Waals surface area contributed by atoms with E-state index in [1.54, 1.807) is 0 Å². The Bertz CT molecular complexity index is 352. The Hall–Kier alpha value is -0.0300. The van der Waals surface area contributed by atoms with Crippen LogP contribution < -0.4 is 11.5 Å².